The summed E-state index contributed by atoms with van der Waals surface area (Å²) in [7, 11) is 0. The number of nitrogens with two attached hydrogens (primary N) is 1. The van der Waals surface area contributed by atoms with Gasteiger partial charge in [-0.1, -0.05) is 20.8 Å². The van der Waals surface area contributed by atoms with Gasteiger partial charge in [-0.05, 0) is 68.5 Å². The van der Waals surface area contributed by atoms with E-state index in [1.165, 1.54) is 5.56 Å². The lowest BCUT2D eigenvalue weighted by Gasteiger charge is -2.19. The van der Waals surface area contributed by atoms with Gasteiger partial charge in [-0.2, -0.15) is 0 Å². The second-order valence-corrected chi connectivity index (χ2v) is 7.20. The van der Waals surface area contributed by atoms with Crippen molar-refractivity contribution in [2.24, 2.45) is 0 Å². The molecule has 0 bridgehead atoms. The number of nitrogens with zero attached hydrogens (tertiary/aromatic N) is 2. The predicted octanol–water partition coefficient (Wildman–Crippen LogP) is 4.78. The number of ether oxygens (including phenoxy) is 1. The van der Waals surface area contributed by atoms with Crippen LogP contribution in [-0.4, -0.2) is 21.7 Å². The molecule has 142 valence electrons. The maximum Gasteiger partial charge on any atom is 0.413 e. The molecule has 0 radical (unpaired) electrons. The van der Waals surface area contributed by atoms with E-state index >= 15 is 0 Å². The summed E-state index contributed by atoms with van der Waals surface area (Å²) in [6.45, 7) is 11.8. The van der Waals surface area contributed by atoms with E-state index < -0.39 is 11.7 Å². The number of anilines is 2. The van der Waals surface area contributed by atoms with Gasteiger partial charge in [0.05, 0.1) is 0 Å². The zero-order chi connectivity index (χ0) is 19.7. The Kier molecular flexibility index (Phi) is 8.03. The molecule has 2 rings (SSSR count). The molecule has 2 aromatic heterocycles. The molecule has 0 fully saturated rings. The highest BCUT2D eigenvalue weighted by molar-refractivity contribution is 5.83. The molecule has 2 heterocycles. The molecule has 0 aliphatic rings. The van der Waals surface area contributed by atoms with Gasteiger partial charge >= 0.3 is 6.09 Å². The van der Waals surface area contributed by atoms with Gasteiger partial charge < -0.3 is 10.5 Å². The Hall–Kier alpha value is -2.63. The molecule has 0 aromatic carbocycles. The van der Waals surface area contributed by atoms with Crippen molar-refractivity contribution < 1.29 is 9.53 Å². The second kappa shape index (κ2) is 9.75. The minimum atomic E-state index is -0.494. The third-order valence-electron chi connectivity index (χ3n) is 3.33. The van der Waals surface area contributed by atoms with Crippen molar-refractivity contribution in [3.05, 3.63) is 47.8 Å². The van der Waals surface area contributed by atoms with Crippen LogP contribution in [0.4, 0.5) is 16.4 Å². The molecule has 0 aliphatic carbocycles. The van der Waals surface area contributed by atoms with E-state index in [0.29, 0.717) is 17.6 Å². The standard InChI is InChI=1S/C12H18N2O2.C8H12N2/c1-5-9-6-7-13-10(8-9)14-11(15)16-12(2,3)4;1-6(2)7-3-4-10-8(9)5-7/h6-8H,5H2,1-4H3,(H,13,14,15);3-6H,1-2H3,(H2,9,10). The molecule has 0 saturated heterocycles. The Balaban J connectivity index is 0.000000289. The van der Waals surface area contributed by atoms with Gasteiger partial charge in [0.25, 0.3) is 0 Å². The van der Waals surface area contributed by atoms with Crippen molar-refractivity contribution in [1.82, 2.24) is 9.97 Å². The topological polar surface area (TPSA) is 90.1 Å². The average molecular weight is 358 g/mol. The third kappa shape index (κ3) is 8.46. The van der Waals surface area contributed by atoms with Crippen LogP contribution < -0.4 is 11.1 Å². The highest BCUT2D eigenvalue weighted by Crippen LogP contribution is 2.14. The number of pyridine rings is 2. The molecule has 0 aliphatic heterocycles. The molecule has 6 heteroatoms. The van der Waals surface area contributed by atoms with Crippen LogP contribution in [0.3, 0.4) is 0 Å². The fourth-order valence-electron chi connectivity index (χ4n) is 2.00. The second-order valence-electron chi connectivity index (χ2n) is 7.20. The zero-order valence-corrected chi connectivity index (χ0v) is 16.5. The van der Waals surface area contributed by atoms with Crippen molar-refractivity contribution in [2.45, 2.75) is 59.5 Å². The van der Waals surface area contributed by atoms with Crippen molar-refractivity contribution in [2.75, 3.05) is 11.1 Å². The van der Waals surface area contributed by atoms with E-state index in [0.717, 1.165) is 12.0 Å². The molecule has 26 heavy (non-hydrogen) atoms. The van der Waals surface area contributed by atoms with Gasteiger partial charge in [-0.3, -0.25) is 5.32 Å². The molecule has 2 aromatic rings. The van der Waals surface area contributed by atoms with Gasteiger partial charge in [-0.25, -0.2) is 14.8 Å². The summed E-state index contributed by atoms with van der Waals surface area (Å²) in [5.74, 6) is 1.66. The monoisotopic (exact) mass is 358 g/mol. The van der Waals surface area contributed by atoms with Crippen LogP contribution in [0.1, 0.15) is 58.6 Å². The van der Waals surface area contributed by atoms with Crippen molar-refractivity contribution in [3.8, 4) is 0 Å². The first kappa shape index (κ1) is 21.4. The molecular formula is C20H30N4O2. The number of amides is 1. The van der Waals surface area contributed by atoms with E-state index in [1.54, 1.807) is 12.4 Å². The summed E-state index contributed by atoms with van der Waals surface area (Å²) in [6, 6.07) is 7.65. The maximum absolute atomic E-state index is 11.5. The van der Waals surface area contributed by atoms with Crippen LogP contribution in [0, 0.1) is 0 Å². The van der Waals surface area contributed by atoms with Crippen molar-refractivity contribution >= 4 is 17.7 Å². The summed E-state index contributed by atoms with van der Waals surface area (Å²) in [5, 5.41) is 2.60. The lowest BCUT2D eigenvalue weighted by molar-refractivity contribution is 0.0635. The van der Waals surface area contributed by atoms with E-state index in [1.807, 2.05) is 52.0 Å². The molecule has 0 saturated carbocycles. The number of rotatable bonds is 3. The van der Waals surface area contributed by atoms with Gasteiger partial charge in [0.1, 0.15) is 17.2 Å². The molecule has 3 N–H and O–H groups in total. The number of aryl methyl sites for hydroxylation is 1. The minimum absolute atomic E-state index is 0.478. The maximum atomic E-state index is 11.5. The number of carbonyl (C=O) groups is 1. The van der Waals surface area contributed by atoms with Crippen LogP contribution in [0.2, 0.25) is 0 Å². The summed E-state index contributed by atoms with van der Waals surface area (Å²) >= 11 is 0. The average Bonchev–Trinajstić information content (AvgIpc) is 2.53. The van der Waals surface area contributed by atoms with Crippen molar-refractivity contribution in [1.29, 1.82) is 0 Å². The zero-order valence-electron chi connectivity index (χ0n) is 16.5. The first-order valence-corrected chi connectivity index (χ1v) is 8.77. The van der Waals surface area contributed by atoms with Crippen molar-refractivity contribution in [3.63, 3.8) is 0 Å². The Morgan fingerprint density at radius 3 is 2.35 bits per heavy atom. The van der Waals surface area contributed by atoms with E-state index in [-0.39, 0.29) is 0 Å². The molecule has 1 amide bonds. The molecule has 6 nitrogen and oxygen atoms in total. The Labute approximate surface area is 156 Å². The highest BCUT2D eigenvalue weighted by atomic mass is 16.6. The van der Waals surface area contributed by atoms with Gasteiger partial charge in [0.2, 0.25) is 0 Å². The van der Waals surface area contributed by atoms with Crippen LogP contribution in [0.15, 0.2) is 36.7 Å². The van der Waals surface area contributed by atoms with Gasteiger partial charge in [-0.15, -0.1) is 0 Å². The SMILES string of the molecule is CC(C)c1ccnc(N)c1.CCc1ccnc(NC(=O)OC(C)(C)C)c1. The fraction of sp³-hybridized carbons (Fsp3) is 0.450. The van der Waals surface area contributed by atoms with Crippen LogP contribution >= 0.6 is 0 Å². The van der Waals surface area contributed by atoms with E-state index in [9.17, 15) is 4.79 Å². The predicted molar refractivity (Wildman–Crippen MR) is 106 cm³/mol. The summed E-state index contributed by atoms with van der Waals surface area (Å²) in [5.41, 5.74) is 7.36. The Morgan fingerprint density at radius 1 is 1.19 bits per heavy atom. The smallest absolute Gasteiger partial charge is 0.413 e. The highest BCUT2D eigenvalue weighted by Gasteiger charge is 2.16. The van der Waals surface area contributed by atoms with Crippen LogP contribution in [0.25, 0.3) is 0 Å². The summed E-state index contributed by atoms with van der Waals surface area (Å²) in [6.07, 6.45) is 3.84. The number of hydrogen-bond donors (Lipinski definition) is 2. The largest absolute Gasteiger partial charge is 0.444 e. The quantitative estimate of drug-likeness (QED) is 0.824. The molecular weight excluding hydrogens is 328 g/mol. The first-order chi connectivity index (χ1) is 12.1. The normalized spacial score (nSPS) is 10.7. The lowest BCUT2D eigenvalue weighted by atomic mass is 10.1. The van der Waals surface area contributed by atoms with Crippen LogP contribution in [-0.2, 0) is 11.2 Å². The molecule has 0 unspecified atom stereocenters. The Bertz CT molecular complexity index is 709. The van der Waals surface area contributed by atoms with E-state index in [4.69, 9.17) is 10.5 Å². The lowest BCUT2D eigenvalue weighted by Crippen LogP contribution is -2.27. The van der Waals surface area contributed by atoms with E-state index in [2.05, 4.69) is 29.1 Å². The fourth-order valence-corrected chi connectivity index (χ4v) is 2.00. The molecule has 0 spiro atoms. The first-order valence-electron chi connectivity index (χ1n) is 8.77. The molecule has 0 atom stereocenters. The number of carbonyl (C=O) groups excluding carboxylic acids is 1. The Morgan fingerprint density at radius 2 is 1.85 bits per heavy atom. The summed E-state index contributed by atoms with van der Waals surface area (Å²) < 4.78 is 5.13. The third-order valence-corrected chi connectivity index (χ3v) is 3.33. The number of aromatic nitrogens is 2. The van der Waals surface area contributed by atoms with Crippen LogP contribution in [0.5, 0.6) is 0 Å². The number of nitrogens with one attached hydrogen (secondary N) is 1. The number of hydrogen-bond acceptors (Lipinski definition) is 5. The van der Waals surface area contributed by atoms with Gasteiger partial charge in [0, 0.05) is 12.4 Å². The van der Waals surface area contributed by atoms with Gasteiger partial charge in [0.15, 0.2) is 0 Å². The number of nitrogen functional groups attached to an aromatic ring is 1. The minimum Gasteiger partial charge on any atom is -0.444 e. The summed E-state index contributed by atoms with van der Waals surface area (Å²) in [4.78, 5) is 19.4.